The van der Waals surface area contributed by atoms with Crippen molar-refractivity contribution in [2.24, 2.45) is 10.8 Å². The van der Waals surface area contributed by atoms with E-state index in [0.29, 0.717) is 0 Å². The molecule has 1 fully saturated rings. The normalized spacial score (nSPS) is 21.0. The van der Waals surface area contributed by atoms with Gasteiger partial charge in [-0.1, -0.05) is 162 Å². The maximum atomic E-state index is 2.85. The summed E-state index contributed by atoms with van der Waals surface area (Å²) in [5.74, 6) is 0. The molecule has 3 heterocycles. The highest BCUT2D eigenvalue weighted by atomic mass is 15.3. The lowest BCUT2D eigenvalue weighted by Gasteiger charge is -2.51. The van der Waals surface area contributed by atoms with E-state index in [0.717, 1.165) is 38.5 Å². The lowest BCUT2D eigenvalue weighted by atomic mass is 9.33. The van der Waals surface area contributed by atoms with Crippen molar-refractivity contribution in [1.29, 1.82) is 0 Å². The number of benzene rings is 8. The van der Waals surface area contributed by atoms with Crippen molar-refractivity contribution in [2.45, 2.75) is 156 Å². The second-order valence-corrected chi connectivity index (χ2v) is 28.9. The lowest BCUT2D eigenvalue weighted by molar-refractivity contribution is 0.195. The van der Waals surface area contributed by atoms with Gasteiger partial charge in [0.25, 0.3) is 6.71 Å². The highest BCUT2D eigenvalue weighted by Gasteiger charge is 2.58. The molecule has 0 radical (unpaired) electrons. The Hall–Kier alpha value is -6.98. The number of nitrogens with zero attached hydrogens (tertiary/aromatic N) is 4. The van der Waals surface area contributed by atoms with E-state index in [1.165, 1.54) is 131 Å². The number of anilines is 11. The largest absolute Gasteiger partial charge is 0.334 e. The van der Waals surface area contributed by atoms with Crippen LogP contribution in [0.15, 0.2) is 164 Å². The number of para-hydroxylation sites is 2. The highest BCUT2D eigenvalue weighted by Crippen LogP contribution is 2.63. The molecule has 1 saturated carbocycles. The van der Waals surface area contributed by atoms with Crippen LogP contribution in [0.1, 0.15) is 148 Å². The first-order valence-corrected chi connectivity index (χ1v) is 29.8. The Bertz CT molecular complexity index is 3740. The minimum absolute atomic E-state index is 0.0321. The Morgan fingerprint density at radius 2 is 0.987 bits per heavy atom. The van der Waals surface area contributed by atoms with Crippen LogP contribution in [0.4, 0.5) is 62.6 Å². The summed E-state index contributed by atoms with van der Waals surface area (Å²) in [7, 11) is 0. The molecular weight excluding hydrogens is 956 g/mol. The third kappa shape index (κ3) is 7.82. The van der Waals surface area contributed by atoms with Crippen LogP contribution in [0.3, 0.4) is 0 Å². The van der Waals surface area contributed by atoms with Crippen LogP contribution in [0.2, 0.25) is 0 Å². The summed E-state index contributed by atoms with van der Waals surface area (Å²) in [5.41, 5.74) is 28.2. The summed E-state index contributed by atoms with van der Waals surface area (Å²) < 4.78 is 0. The van der Waals surface area contributed by atoms with Crippen LogP contribution in [0, 0.1) is 10.8 Å². The Kier molecular flexibility index (Phi) is 11.0. The minimum Gasteiger partial charge on any atom is -0.334 e. The Labute approximate surface area is 472 Å². The van der Waals surface area contributed by atoms with Crippen LogP contribution < -0.4 is 36.0 Å². The van der Waals surface area contributed by atoms with E-state index in [9.17, 15) is 0 Å². The maximum Gasteiger partial charge on any atom is 0.252 e. The van der Waals surface area contributed by atoms with Gasteiger partial charge in [-0.2, -0.15) is 0 Å². The number of hydrogen-bond donors (Lipinski definition) is 0. The van der Waals surface area contributed by atoms with Gasteiger partial charge in [0.05, 0.1) is 5.54 Å². The van der Waals surface area contributed by atoms with Gasteiger partial charge in [0.2, 0.25) is 0 Å². The number of fused-ring (bicyclic) bond motifs is 9. The SMILES string of the molecule is CC1(C)Cc2ccc(N3c4cc5c(cc4B4c6ccc(C(C)(C)C)cc6N(c6cccc(C(C)(C)C)c6)c6cc(N7c8ccc(N(c9ccccc9)c9ccccc9)cc8C8(C)CCCCC78C)cc3c64)CC(C)(C)C5)cc2C1. The molecule has 79 heavy (non-hydrogen) atoms. The van der Waals surface area contributed by atoms with E-state index in [4.69, 9.17) is 0 Å². The first-order valence-electron chi connectivity index (χ1n) is 29.8. The predicted octanol–water partition coefficient (Wildman–Crippen LogP) is 17.8. The third-order valence-corrected chi connectivity index (χ3v) is 20.0. The van der Waals surface area contributed by atoms with Crippen molar-refractivity contribution < 1.29 is 0 Å². The Morgan fingerprint density at radius 1 is 0.418 bits per heavy atom. The molecule has 6 aliphatic rings. The summed E-state index contributed by atoms with van der Waals surface area (Å²) in [5, 5.41) is 0. The molecule has 398 valence electrons. The van der Waals surface area contributed by atoms with Crippen molar-refractivity contribution in [3.63, 3.8) is 0 Å². The Morgan fingerprint density at radius 3 is 1.63 bits per heavy atom. The van der Waals surface area contributed by atoms with Gasteiger partial charge in [-0.3, -0.25) is 0 Å². The lowest BCUT2D eigenvalue weighted by Crippen LogP contribution is -2.61. The molecule has 5 heteroatoms. The fourth-order valence-electron chi connectivity index (χ4n) is 15.8. The van der Waals surface area contributed by atoms with E-state index >= 15 is 0 Å². The summed E-state index contributed by atoms with van der Waals surface area (Å²) in [6, 6.07) is 64.6. The summed E-state index contributed by atoms with van der Waals surface area (Å²) >= 11 is 0. The zero-order valence-electron chi connectivity index (χ0n) is 49.1. The Balaban J connectivity index is 1.07. The molecule has 0 amide bonds. The predicted molar refractivity (Wildman–Crippen MR) is 338 cm³/mol. The molecule has 0 spiro atoms. The highest BCUT2D eigenvalue weighted by molar-refractivity contribution is 7.00. The molecule has 0 N–H and O–H groups in total. The van der Waals surface area contributed by atoms with Gasteiger partial charge in [0.15, 0.2) is 0 Å². The quantitative estimate of drug-likeness (QED) is 0.154. The molecule has 2 atom stereocenters. The average Bonchev–Trinajstić information content (AvgIpc) is 3.64. The minimum atomic E-state index is -0.206. The van der Waals surface area contributed by atoms with Gasteiger partial charge < -0.3 is 19.6 Å². The molecule has 8 aromatic carbocycles. The molecule has 3 aliphatic carbocycles. The van der Waals surface area contributed by atoms with E-state index in [2.05, 4.69) is 266 Å². The van der Waals surface area contributed by atoms with Gasteiger partial charge in [0.1, 0.15) is 0 Å². The standard InChI is InChI=1S/C74H79BN4/c1-69(2,3)52-22-21-27-56(39-52)77-65-40-53(70(4,5)6)29-32-61(65)75-62-37-50-46-72(9,10)47-51(50)38-64(62)78(57-30-28-48-44-71(7,8)45-49(48)36-57)67-43-59(42-66(77)68(67)75)79-63-33-31-58(41-60(63)73(11)34-19-20-35-74(73,79)12)76(54-23-15-13-16-24-54)55-25-17-14-18-26-55/h13-18,21-33,36-43H,19-20,34-35,44-47H2,1-12H3. The molecule has 0 saturated heterocycles. The first-order chi connectivity index (χ1) is 37.6. The molecule has 3 aliphatic heterocycles. The van der Waals surface area contributed by atoms with Crippen molar-refractivity contribution in [3.8, 4) is 0 Å². The fraction of sp³-hybridized carbons (Fsp3) is 0.351. The van der Waals surface area contributed by atoms with E-state index in [1.54, 1.807) is 0 Å². The van der Waals surface area contributed by atoms with E-state index in [-0.39, 0.29) is 39.3 Å². The molecule has 8 aromatic rings. The smallest absolute Gasteiger partial charge is 0.252 e. The second-order valence-electron chi connectivity index (χ2n) is 28.9. The van der Waals surface area contributed by atoms with Crippen molar-refractivity contribution in [1.82, 2.24) is 0 Å². The molecule has 4 nitrogen and oxygen atoms in total. The summed E-state index contributed by atoms with van der Waals surface area (Å²) in [6.45, 7) is 29.3. The summed E-state index contributed by atoms with van der Waals surface area (Å²) in [6.07, 6.45) is 9.04. The van der Waals surface area contributed by atoms with Gasteiger partial charge in [-0.15, -0.1) is 0 Å². The van der Waals surface area contributed by atoms with Crippen LogP contribution in [-0.2, 0) is 41.9 Å². The van der Waals surface area contributed by atoms with Crippen molar-refractivity contribution in [3.05, 3.63) is 203 Å². The van der Waals surface area contributed by atoms with E-state index < -0.39 is 0 Å². The molecule has 14 rings (SSSR count). The zero-order valence-corrected chi connectivity index (χ0v) is 49.1. The topological polar surface area (TPSA) is 13.0 Å². The van der Waals surface area contributed by atoms with Crippen LogP contribution in [0.25, 0.3) is 0 Å². The monoisotopic (exact) mass is 1030 g/mol. The van der Waals surface area contributed by atoms with Crippen LogP contribution in [0.5, 0.6) is 0 Å². The average molecular weight is 1040 g/mol. The third-order valence-electron chi connectivity index (χ3n) is 20.0. The molecular formula is C74H79BN4. The van der Waals surface area contributed by atoms with Crippen LogP contribution >= 0.6 is 0 Å². The van der Waals surface area contributed by atoms with Gasteiger partial charge in [-0.05, 0) is 213 Å². The number of rotatable bonds is 6. The summed E-state index contributed by atoms with van der Waals surface area (Å²) in [4.78, 5) is 10.7. The first kappa shape index (κ1) is 50.3. The molecule has 2 unspecified atom stereocenters. The maximum absolute atomic E-state index is 2.85. The van der Waals surface area contributed by atoms with Crippen molar-refractivity contribution >= 4 is 85.7 Å². The zero-order chi connectivity index (χ0) is 54.8. The fourth-order valence-corrected chi connectivity index (χ4v) is 15.8. The van der Waals surface area contributed by atoms with Gasteiger partial charge >= 0.3 is 0 Å². The molecule has 0 aromatic heterocycles. The molecule has 0 bridgehead atoms. The second kappa shape index (κ2) is 17.3. The van der Waals surface area contributed by atoms with Gasteiger partial charge in [0, 0.05) is 68.0 Å². The van der Waals surface area contributed by atoms with Crippen molar-refractivity contribution in [2.75, 3.05) is 19.6 Å². The van der Waals surface area contributed by atoms with Crippen LogP contribution in [-0.4, -0.2) is 12.3 Å². The number of hydrogen-bond acceptors (Lipinski definition) is 4. The van der Waals surface area contributed by atoms with E-state index in [1.807, 2.05) is 0 Å². The van der Waals surface area contributed by atoms with Gasteiger partial charge in [-0.25, -0.2) is 0 Å².